The Morgan fingerprint density at radius 2 is 1.79 bits per heavy atom. The Balaban J connectivity index is 1.76. The van der Waals surface area contributed by atoms with Crippen molar-refractivity contribution in [2.24, 2.45) is 7.05 Å². The topological polar surface area (TPSA) is 91.6 Å². The Morgan fingerprint density at radius 3 is 2.52 bits per heavy atom. The van der Waals surface area contributed by atoms with Crippen molar-refractivity contribution in [3.8, 4) is 0 Å². The number of rotatable bonds is 4. The summed E-state index contributed by atoms with van der Waals surface area (Å²) in [7, 11) is -3.22. The van der Waals surface area contributed by atoms with Crippen LogP contribution in [0.3, 0.4) is 0 Å². The van der Waals surface area contributed by atoms with E-state index in [9.17, 15) is 23.5 Å². The lowest BCUT2D eigenvalue weighted by atomic mass is 10.1. The van der Waals surface area contributed by atoms with Gasteiger partial charge in [0.05, 0.1) is 0 Å². The molecule has 3 N–H and O–H groups in total. The number of hydrogen-bond acceptors (Lipinski definition) is 2. The van der Waals surface area contributed by atoms with Crippen LogP contribution in [0.1, 0.15) is 11.2 Å². The van der Waals surface area contributed by atoms with E-state index in [1.807, 2.05) is 30.3 Å². The Kier molecular flexibility index (Phi) is 4.74. The minimum atomic E-state index is -4.89. The molecule has 4 rings (SSSR count). The molecule has 1 atom stereocenters. The normalized spacial score (nSPS) is 13.0. The van der Waals surface area contributed by atoms with Gasteiger partial charge in [0.15, 0.2) is 5.66 Å². The molecule has 4 aromatic rings. The van der Waals surface area contributed by atoms with Gasteiger partial charge in [-0.1, -0.05) is 30.3 Å². The van der Waals surface area contributed by atoms with E-state index in [1.165, 1.54) is 24.4 Å². The lowest BCUT2D eigenvalue weighted by molar-refractivity contribution is -0.116. The summed E-state index contributed by atoms with van der Waals surface area (Å²) in [6.45, 7) is 0. The number of halogens is 1. The first-order valence-electron chi connectivity index (χ1n) is 8.83. The Labute approximate surface area is 165 Å². The van der Waals surface area contributed by atoms with E-state index in [4.69, 9.17) is 0 Å². The predicted molar refractivity (Wildman–Crippen MR) is 110 cm³/mol. The maximum Gasteiger partial charge on any atom is 0.342 e. The number of nitrogens with zero attached hydrogens (tertiary/aromatic N) is 1. The molecule has 8 heteroatoms. The summed E-state index contributed by atoms with van der Waals surface area (Å²) >= 11 is 0. The minimum absolute atomic E-state index is 0.0774. The fourth-order valence-electron chi connectivity index (χ4n) is 3.57. The molecule has 1 aromatic heterocycles. The molecule has 0 aliphatic carbocycles. The summed E-state index contributed by atoms with van der Waals surface area (Å²) in [5.74, 6) is -1.41. The third-order valence-electron chi connectivity index (χ3n) is 4.88. The van der Waals surface area contributed by atoms with Crippen LogP contribution in [0, 0.1) is 5.82 Å². The second kappa shape index (κ2) is 7.12. The molecule has 0 spiro atoms. The third kappa shape index (κ3) is 3.68. The maximum absolute atomic E-state index is 13.8. The number of carbonyl (C=O) groups excluding carboxylic acids is 1. The first-order valence-corrected chi connectivity index (χ1v) is 10.5. The van der Waals surface area contributed by atoms with Gasteiger partial charge in [0.1, 0.15) is 5.82 Å². The van der Waals surface area contributed by atoms with Crippen molar-refractivity contribution in [2.75, 3.05) is 5.32 Å². The van der Waals surface area contributed by atoms with E-state index < -0.39 is 25.0 Å². The van der Waals surface area contributed by atoms with Gasteiger partial charge in [0.25, 0.3) is 0 Å². The van der Waals surface area contributed by atoms with Crippen LogP contribution in [0.2, 0.25) is 0 Å². The van der Waals surface area contributed by atoms with Crippen LogP contribution in [0.4, 0.5) is 10.1 Å². The maximum atomic E-state index is 13.8. The molecule has 1 heterocycles. The van der Waals surface area contributed by atoms with Gasteiger partial charge in [-0.05, 0) is 41.1 Å². The molecule has 0 bridgehead atoms. The number of benzene rings is 3. The molecule has 3 aromatic carbocycles. The lowest BCUT2D eigenvalue weighted by Gasteiger charge is -2.18. The zero-order valence-corrected chi connectivity index (χ0v) is 16.3. The van der Waals surface area contributed by atoms with Gasteiger partial charge in [0, 0.05) is 35.4 Å². The van der Waals surface area contributed by atoms with Crippen molar-refractivity contribution in [3.05, 3.63) is 78.2 Å². The molecule has 29 heavy (non-hydrogen) atoms. The summed E-state index contributed by atoms with van der Waals surface area (Å²) < 4.78 is 27.6. The summed E-state index contributed by atoms with van der Waals surface area (Å²) in [6.07, 6.45) is 1.45. The number of aryl methyl sites for hydroxylation is 1. The number of anilines is 1. The highest BCUT2D eigenvalue weighted by Gasteiger charge is 2.39. The molecule has 0 aliphatic heterocycles. The summed E-state index contributed by atoms with van der Waals surface area (Å²) in [6, 6.07) is 16.7. The fourth-order valence-corrected chi connectivity index (χ4v) is 4.50. The molecule has 148 valence electrons. The monoisotopic (exact) mass is 412 g/mol. The summed E-state index contributed by atoms with van der Waals surface area (Å²) in [5, 5.41) is 4.73. The number of nitrogens with one attached hydrogen (secondary N) is 1. The highest BCUT2D eigenvalue weighted by Crippen LogP contribution is 2.54. The minimum Gasteiger partial charge on any atom is -0.350 e. The highest BCUT2D eigenvalue weighted by atomic mass is 31.2. The van der Waals surface area contributed by atoms with Crippen LogP contribution >= 0.6 is 7.60 Å². The molecule has 0 aliphatic rings. The van der Waals surface area contributed by atoms with Crippen LogP contribution in [0.15, 0.2) is 66.9 Å². The molecule has 6 nitrogen and oxygen atoms in total. The van der Waals surface area contributed by atoms with E-state index in [1.54, 1.807) is 23.7 Å². The molecular formula is C21H18FN2O4P. The van der Waals surface area contributed by atoms with Gasteiger partial charge in [-0.2, -0.15) is 0 Å². The zero-order valence-electron chi connectivity index (χ0n) is 15.4. The lowest BCUT2D eigenvalue weighted by Crippen LogP contribution is -2.21. The number of aromatic nitrogens is 1. The van der Waals surface area contributed by atoms with Gasteiger partial charge in [-0.3, -0.25) is 9.36 Å². The van der Waals surface area contributed by atoms with Crippen molar-refractivity contribution < 1.29 is 23.5 Å². The van der Waals surface area contributed by atoms with Crippen molar-refractivity contribution in [1.82, 2.24) is 4.57 Å². The molecule has 1 unspecified atom stereocenters. The smallest absolute Gasteiger partial charge is 0.342 e. The van der Waals surface area contributed by atoms with E-state index in [2.05, 4.69) is 5.32 Å². The number of carbonyl (C=O) groups is 1. The summed E-state index contributed by atoms with van der Waals surface area (Å²) in [4.78, 5) is 32.8. The fraction of sp³-hybridized carbons (Fsp3) is 0.0952. The highest BCUT2D eigenvalue weighted by molar-refractivity contribution is 7.53. The van der Waals surface area contributed by atoms with Gasteiger partial charge < -0.3 is 19.7 Å². The van der Waals surface area contributed by atoms with Gasteiger partial charge in [-0.15, -0.1) is 0 Å². The quantitative estimate of drug-likeness (QED) is 0.435. The standard InChI is InChI=1S/C21H18FN2O4P/c1-24-12-18(17-11-15(22)7-9-19(17)24)20(29(26,27)28)21(25)23-16-8-6-13-4-2-3-5-14(13)10-16/h2-12,20H,1H3,(H,23,25)(H2,26,27,28). The second-order valence-electron chi connectivity index (χ2n) is 6.90. The molecule has 0 saturated heterocycles. The first-order chi connectivity index (χ1) is 13.7. The summed E-state index contributed by atoms with van der Waals surface area (Å²) in [5.41, 5.74) is -0.704. The van der Waals surface area contributed by atoms with Crippen molar-refractivity contribution >= 4 is 40.9 Å². The van der Waals surface area contributed by atoms with E-state index in [0.717, 1.165) is 10.8 Å². The van der Waals surface area contributed by atoms with E-state index >= 15 is 0 Å². The van der Waals surface area contributed by atoms with Crippen LogP contribution in [-0.2, 0) is 16.4 Å². The van der Waals surface area contributed by atoms with Crippen LogP contribution in [0.5, 0.6) is 0 Å². The van der Waals surface area contributed by atoms with E-state index in [-0.39, 0.29) is 10.9 Å². The van der Waals surface area contributed by atoms with E-state index in [0.29, 0.717) is 11.2 Å². The second-order valence-corrected chi connectivity index (χ2v) is 8.59. The average molecular weight is 412 g/mol. The third-order valence-corrected chi connectivity index (χ3v) is 6.06. The Morgan fingerprint density at radius 1 is 1.07 bits per heavy atom. The molecule has 0 saturated carbocycles. The van der Waals surface area contributed by atoms with Crippen LogP contribution < -0.4 is 5.32 Å². The average Bonchev–Trinajstić information content (AvgIpc) is 2.96. The van der Waals surface area contributed by atoms with Crippen LogP contribution in [-0.4, -0.2) is 20.3 Å². The number of fused-ring (bicyclic) bond motifs is 2. The van der Waals surface area contributed by atoms with Gasteiger partial charge in [0.2, 0.25) is 5.91 Å². The van der Waals surface area contributed by atoms with Crippen molar-refractivity contribution in [1.29, 1.82) is 0 Å². The predicted octanol–water partition coefficient (Wildman–Crippen LogP) is 4.33. The first kappa shape index (κ1) is 19.3. The Bertz CT molecular complexity index is 1290. The van der Waals surface area contributed by atoms with Gasteiger partial charge in [-0.25, -0.2) is 4.39 Å². The van der Waals surface area contributed by atoms with Crippen molar-refractivity contribution in [2.45, 2.75) is 5.66 Å². The largest absolute Gasteiger partial charge is 0.350 e. The molecule has 0 fully saturated rings. The number of hydrogen-bond donors (Lipinski definition) is 3. The number of amides is 1. The SMILES string of the molecule is Cn1cc(C(C(=O)Nc2ccc3ccccc3c2)P(=O)(O)O)c2cc(F)ccc21. The zero-order chi connectivity index (χ0) is 20.8. The molecule has 1 amide bonds. The van der Waals surface area contributed by atoms with Gasteiger partial charge >= 0.3 is 7.60 Å². The van der Waals surface area contributed by atoms with Crippen LogP contribution in [0.25, 0.3) is 21.7 Å². The molecular weight excluding hydrogens is 394 g/mol. The van der Waals surface area contributed by atoms with Crippen molar-refractivity contribution in [3.63, 3.8) is 0 Å². The Hall–Kier alpha value is -2.99. The molecule has 0 radical (unpaired) electrons.